The lowest BCUT2D eigenvalue weighted by Gasteiger charge is -2.10. The molecule has 100 valence electrons. The lowest BCUT2D eigenvalue weighted by molar-refractivity contribution is -0.0501. The monoisotopic (exact) mass is 287 g/mol. The van der Waals surface area contributed by atoms with Crippen molar-refractivity contribution in [3.8, 4) is 5.75 Å². The van der Waals surface area contributed by atoms with Gasteiger partial charge in [-0.2, -0.15) is 13.9 Å². The minimum atomic E-state index is -3.03. The predicted molar refractivity (Wildman–Crippen MR) is 62.4 cm³/mol. The summed E-state index contributed by atoms with van der Waals surface area (Å²) in [7, 11) is 0. The Labute approximate surface area is 111 Å². The molecule has 0 aliphatic heterocycles. The van der Waals surface area contributed by atoms with E-state index in [1.54, 1.807) is 0 Å². The van der Waals surface area contributed by atoms with E-state index in [1.807, 2.05) is 0 Å². The highest BCUT2D eigenvalue weighted by Crippen LogP contribution is 2.25. The maximum atomic E-state index is 12.3. The molecule has 1 aromatic heterocycles. The van der Waals surface area contributed by atoms with E-state index in [1.165, 1.54) is 35.5 Å². The number of hydrogen-bond donors (Lipinski definition) is 0. The van der Waals surface area contributed by atoms with Gasteiger partial charge in [0.1, 0.15) is 24.9 Å². The molecule has 1 heterocycles. The van der Waals surface area contributed by atoms with Crippen LogP contribution in [0.3, 0.4) is 0 Å². The first-order chi connectivity index (χ1) is 9.06. The largest absolute Gasteiger partial charge is 0.434 e. The summed E-state index contributed by atoms with van der Waals surface area (Å²) in [6.45, 7) is -3.15. The van der Waals surface area contributed by atoms with Gasteiger partial charge in [0.15, 0.2) is 5.78 Å². The summed E-state index contributed by atoms with van der Waals surface area (Å²) in [4.78, 5) is 15.7. The zero-order chi connectivity index (χ0) is 13.8. The van der Waals surface area contributed by atoms with E-state index >= 15 is 0 Å². The van der Waals surface area contributed by atoms with E-state index in [4.69, 9.17) is 11.6 Å². The van der Waals surface area contributed by atoms with Gasteiger partial charge in [0.25, 0.3) is 0 Å². The van der Waals surface area contributed by atoms with E-state index in [-0.39, 0.29) is 22.9 Å². The maximum absolute atomic E-state index is 12.3. The van der Waals surface area contributed by atoms with E-state index in [0.29, 0.717) is 0 Å². The molecule has 0 aliphatic rings. The van der Waals surface area contributed by atoms with Gasteiger partial charge in [0, 0.05) is 5.02 Å². The first-order valence-corrected chi connectivity index (χ1v) is 5.54. The predicted octanol–water partition coefficient (Wildman–Crippen LogP) is 2.42. The first kappa shape index (κ1) is 13.4. The quantitative estimate of drug-likeness (QED) is 0.793. The number of ether oxygens (including phenoxy) is 1. The van der Waals surface area contributed by atoms with Crippen molar-refractivity contribution in [2.45, 2.75) is 13.2 Å². The first-order valence-electron chi connectivity index (χ1n) is 5.16. The standard InChI is InChI=1S/C11H8ClF2N3O2/c12-7-1-2-8(10(3-7)19-11(13)14)9(18)4-17-6-15-5-16-17/h1-3,5-6,11H,4H2. The second-order valence-electron chi connectivity index (χ2n) is 3.54. The van der Waals surface area contributed by atoms with Gasteiger partial charge >= 0.3 is 6.61 Å². The highest BCUT2D eigenvalue weighted by Gasteiger charge is 2.17. The number of hydrogen-bond acceptors (Lipinski definition) is 4. The molecule has 0 saturated heterocycles. The number of nitrogens with zero attached hydrogens (tertiary/aromatic N) is 3. The van der Waals surface area contributed by atoms with Gasteiger partial charge < -0.3 is 4.74 Å². The molecule has 0 saturated carbocycles. The number of rotatable bonds is 5. The molecule has 5 nitrogen and oxygen atoms in total. The summed E-state index contributed by atoms with van der Waals surface area (Å²) in [5.41, 5.74) is 0.0141. The van der Waals surface area contributed by atoms with Gasteiger partial charge in [-0.05, 0) is 18.2 Å². The van der Waals surface area contributed by atoms with Crippen LogP contribution in [-0.2, 0) is 6.54 Å². The Morgan fingerprint density at radius 2 is 2.26 bits per heavy atom. The normalized spacial score (nSPS) is 10.7. The van der Waals surface area contributed by atoms with Crippen molar-refractivity contribution in [3.63, 3.8) is 0 Å². The number of carbonyl (C=O) groups is 1. The van der Waals surface area contributed by atoms with E-state index < -0.39 is 12.4 Å². The third-order valence-electron chi connectivity index (χ3n) is 2.23. The van der Waals surface area contributed by atoms with E-state index in [2.05, 4.69) is 14.8 Å². The number of benzene rings is 1. The Morgan fingerprint density at radius 1 is 1.47 bits per heavy atom. The number of alkyl halides is 2. The lowest BCUT2D eigenvalue weighted by atomic mass is 10.1. The molecule has 2 rings (SSSR count). The van der Waals surface area contributed by atoms with Crippen LogP contribution >= 0.6 is 11.6 Å². The highest BCUT2D eigenvalue weighted by molar-refractivity contribution is 6.30. The van der Waals surface area contributed by atoms with Gasteiger partial charge in [-0.3, -0.25) is 4.79 Å². The zero-order valence-electron chi connectivity index (χ0n) is 9.46. The second-order valence-corrected chi connectivity index (χ2v) is 3.97. The smallest absolute Gasteiger partial charge is 0.387 e. The summed E-state index contributed by atoms with van der Waals surface area (Å²) < 4.78 is 30.1. The van der Waals surface area contributed by atoms with Crippen molar-refractivity contribution in [1.29, 1.82) is 0 Å². The highest BCUT2D eigenvalue weighted by atomic mass is 35.5. The maximum Gasteiger partial charge on any atom is 0.387 e. The molecule has 0 atom stereocenters. The lowest BCUT2D eigenvalue weighted by Crippen LogP contribution is -2.13. The van der Waals surface area contributed by atoms with Crippen molar-refractivity contribution in [1.82, 2.24) is 14.8 Å². The van der Waals surface area contributed by atoms with Crippen LogP contribution in [0, 0.1) is 0 Å². The average Bonchev–Trinajstić information content (AvgIpc) is 2.80. The molecule has 0 aliphatic carbocycles. The Morgan fingerprint density at radius 3 is 2.89 bits per heavy atom. The van der Waals surface area contributed by atoms with Gasteiger partial charge in [0.2, 0.25) is 0 Å². The van der Waals surface area contributed by atoms with Crippen LogP contribution < -0.4 is 4.74 Å². The van der Waals surface area contributed by atoms with E-state index in [0.717, 1.165) is 0 Å². The van der Waals surface area contributed by atoms with Gasteiger partial charge in [-0.1, -0.05) is 11.6 Å². The van der Waals surface area contributed by atoms with Crippen LogP contribution in [0.25, 0.3) is 0 Å². The molecule has 0 fully saturated rings. The number of halogens is 3. The zero-order valence-corrected chi connectivity index (χ0v) is 10.2. The molecule has 2 aromatic rings. The molecular formula is C11H8ClF2N3O2. The molecular weight excluding hydrogens is 280 g/mol. The number of ketones is 1. The summed E-state index contributed by atoms with van der Waals surface area (Å²) in [5.74, 6) is -0.689. The topological polar surface area (TPSA) is 57.0 Å². The minimum Gasteiger partial charge on any atom is -0.434 e. The van der Waals surface area contributed by atoms with Gasteiger partial charge in [-0.15, -0.1) is 0 Å². The van der Waals surface area contributed by atoms with Crippen LogP contribution in [0.15, 0.2) is 30.9 Å². The molecule has 0 amide bonds. The van der Waals surface area contributed by atoms with Crippen molar-refractivity contribution >= 4 is 17.4 Å². The van der Waals surface area contributed by atoms with Crippen molar-refractivity contribution in [3.05, 3.63) is 41.4 Å². The molecule has 8 heteroatoms. The summed E-state index contributed by atoms with van der Waals surface area (Å²) in [6.07, 6.45) is 2.62. The fourth-order valence-electron chi connectivity index (χ4n) is 1.47. The number of Topliss-reactive ketones (excluding diaryl/α,β-unsaturated/α-hetero) is 1. The Balaban J connectivity index is 2.25. The molecule has 0 bridgehead atoms. The molecule has 0 unspecified atom stereocenters. The van der Waals surface area contributed by atoms with Crippen molar-refractivity contribution in [2.75, 3.05) is 0 Å². The number of carbonyl (C=O) groups excluding carboxylic acids is 1. The van der Waals surface area contributed by atoms with Gasteiger partial charge in [0.05, 0.1) is 5.56 Å². The van der Waals surface area contributed by atoms with Crippen LogP contribution in [0.4, 0.5) is 8.78 Å². The van der Waals surface area contributed by atoms with Crippen molar-refractivity contribution < 1.29 is 18.3 Å². The Bertz CT molecular complexity index is 575. The molecule has 1 aromatic carbocycles. The fourth-order valence-corrected chi connectivity index (χ4v) is 1.63. The molecule has 0 N–H and O–H groups in total. The SMILES string of the molecule is O=C(Cn1cncn1)c1ccc(Cl)cc1OC(F)F. The third kappa shape index (κ3) is 3.47. The summed E-state index contributed by atoms with van der Waals surface area (Å²) in [6, 6.07) is 3.93. The average molecular weight is 288 g/mol. The number of aromatic nitrogens is 3. The molecule has 0 spiro atoms. The van der Waals surface area contributed by atoms with E-state index in [9.17, 15) is 13.6 Å². The third-order valence-corrected chi connectivity index (χ3v) is 2.47. The van der Waals surface area contributed by atoms with Gasteiger partial charge in [-0.25, -0.2) is 9.67 Å². The van der Waals surface area contributed by atoms with Crippen LogP contribution in [0.2, 0.25) is 5.02 Å². The van der Waals surface area contributed by atoms with Crippen LogP contribution in [-0.4, -0.2) is 27.2 Å². The Kier molecular flexibility index (Phi) is 4.06. The minimum absolute atomic E-state index is 0.0141. The molecule has 19 heavy (non-hydrogen) atoms. The van der Waals surface area contributed by atoms with Crippen LogP contribution in [0.5, 0.6) is 5.75 Å². The molecule has 0 radical (unpaired) electrons. The fraction of sp³-hybridized carbons (Fsp3) is 0.182. The summed E-state index contributed by atoms with van der Waals surface area (Å²) >= 11 is 5.68. The van der Waals surface area contributed by atoms with Crippen LogP contribution in [0.1, 0.15) is 10.4 Å². The second kappa shape index (κ2) is 5.75. The Hall–Kier alpha value is -2.02. The summed E-state index contributed by atoms with van der Waals surface area (Å²) in [5, 5.41) is 3.96. The van der Waals surface area contributed by atoms with Crippen molar-refractivity contribution in [2.24, 2.45) is 0 Å².